The maximum Gasteiger partial charge on any atom is 0.330 e. The summed E-state index contributed by atoms with van der Waals surface area (Å²) in [5, 5.41) is 0.00327. The number of anilines is 1. The average Bonchev–Trinajstić information content (AvgIpc) is 2.99. The van der Waals surface area contributed by atoms with Crippen LogP contribution in [0, 0.1) is 17.7 Å². The van der Waals surface area contributed by atoms with Crippen LogP contribution in [0.1, 0.15) is 52.4 Å². The lowest BCUT2D eigenvalue weighted by molar-refractivity contribution is -0.138. The van der Waals surface area contributed by atoms with E-state index in [1.54, 1.807) is 6.92 Å². The van der Waals surface area contributed by atoms with E-state index >= 15 is 0 Å². The number of unbranched alkanes of at least 4 members (excludes halogenated alkanes) is 1. The van der Waals surface area contributed by atoms with Gasteiger partial charge in [0, 0.05) is 12.1 Å². The highest BCUT2D eigenvalue weighted by atomic mass is 35.5. The third-order valence-electron chi connectivity index (χ3n) is 5.64. The highest BCUT2D eigenvalue weighted by molar-refractivity contribution is 6.32. The smallest absolute Gasteiger partial charge is 0.330 e. The number of esters is 1. The number of carbonyl (C=O) groups excluding carboxylic acids is 3. The number of halogens is 2. The van der Waals surface area contributed by atoms with Crippen molar-refractivity contribution >= 4 is 35.1 Å². The van der Waals surface area contributed by atoms with Crippen molar-refractivity contribution in [3.8, 4) is 5.75 Å². The second-order valence-corrected chi connectivity index (χ2v) is 8.35. The van der Waals surface area contributed by atoms with Gasteiger partial charge in [-0.2, -0.15) is 0 Å². The monoisotopic (exact) mass is 451 g/mol. The molecule has 2 aliphatic rings. The molecule has 168 valence electrons. The van der Waals surface area contributed by atoms with Gasteiger partial charge in [0.25, 0.3) is 0 Å². The lowest BCUT2D eigenvalue weighted by Gasteiger charge is -2.19. The van der Waals surface area contributed by atoms with E-state index in [2.05, 4.69) is 0 Å². The Morgan fingerprint density at radius 1 is 1.26 bits per heavy atom. The molecule has 3 rings (SSSR count). The SMILES string of the molecule is CCCCOC(=O)C=CC(C)Oc1cc(N2C(=O)C3CCCCC3C2=O)c(F)cc1Cl. The van der Waals surface area contributed by atoms with Crippen LogP contribution in [0.2, 0.25) is 5.02 Å². The molecule has 3 atom stereocenters. The van der Waals surface area contributed by atoms with Gasteiger partial charge >= 0.3 is 5.97 Å². The van der Waals surface area contributed by atoms with Crippen LogP contribution in [0.4, 0.5) is 10.1 Å². The average molecular weight is 452 g/mol. The van der Waals surface area contributed by atoms with Crippen LogP contribution in [-0.4, -0.2) is 30.5 Å². The van der Waals surface area contributed by atoms with E-state index in [0.29, 0.717) is 19.4 Å². The second kappa shape index (κ2) is 10.3. The molecule has 0 spiro atoms. The van der Waals surface area contributed by atoms with Crippen molar-refractivity contribution in [2.75, 3.05) is 11.5 Å². The fraction of sp³-hybridized carbons (Fsp3) is 0.522. The predicted molar refractivity (Wildman–Crippen MR) is 114 cm³/mol. The number of hydrogen-bond acceptors (Lipinski definition) is 5. The first-order valence-electron chi connectivity index (χ1n) is 10.7. The van der Waals surface area contributed by atoms with Gasteiger partial charge in [0.15, 0.2) is 0 Å². The molecule has 0 radical (unpaired) electrons. The summed E-state index contributed by atoms with van der Waals surface area (Å²) in [6, 6.07) is 2.30. The van der Waals surface area contributed by atoms with Gasteiger partial charge in [-0.1, -0.05) is 37.8 Å². The van der Waals surface area contributed by atoms with Gasteiger partial charge in [-0.05, 0) is 38.3 Å². The number of rotatable bonds is 8. The summed E-state index contributed by atoms with van der Waals surface area (Å²) >= 11 is 6.13. The molecular weight excluding hydrogens is 425 g/mol. The Morgan fingerprint density at radius 2 is 1.90 bits per heavy atom. The van der Waals surface area contributed by atoms with Crippen molar-refractivity contribution < 1.29 is 28.2 Å². The van der Waals surface area contributed by atoms with Crippen LogP contribution in [-0.2, 0) is 19.1 Å². The summed E-state index contributed by atoms with van der Waals surface area (Å²) in [6.45, 7) is 4.02. The zero-order chi connectivity index (χ0) is 22.5. The largest absolute Gasteiger partial charge is 0.485 e. The number of ether oxygens (including phenoxy) is 2. The number of hydrogen-bond donors (Lipinski definition) is 0. The molecule has 6 nitrogen and oxygen atoms in total. The summed E-state index contributed by atoms with van der Waals surface area (Å²) in [4.78, 5) is 38.2. The number of imide groups is 1. The zero-order valence-corrected chi connectivity index (χ0v) is 18.5. The first kappa shape index (κ1) is 23.3. The Balaban J connectivity index is 1.75. The minimum absolute atomic E-state index is 0.00327. The fourth-order valence-electron chi connectivity index (χ4n) is 4.00. The van der Waals surface area contributed by atoms with Crippen molar-refractivity contribution in [3.05, 3.63) is 35.1 Å². The number of carbonyl (C=O) groups is 3. The van der Waals surface area contributed by atoms with Crippen LogP contribution in [0.15, 0.2) is 24.3 Å². The van der Waals surface area contributed by atoms with Crippen LogP contribution in [0.3, 0.4) is 0 Å². The third-order valence-corrected chi connectivity index (χ3v) is 5.94. The van der Waals surface area contributed by atoms with Crippen molar-refractivity contribution in [2.45, 2.75) is 58.5 Å². The fourth-order valence-corrected chi connectivity index (χ4v) is 4.19. The molecule has 1 aliphatic heterocycles. The summed E-state index contributed by atoms with van der Waals surface area (Å²) in [5.74, 6) is -2.65. The van der Waals surface area contributed by atoms with E-state index in [-0.39, 0.29) is 40.1 Å². The molecule has 1 aromatic carbocycles. The highest BCUT2D eigenvalue weighted by Gasteiger charge is 2.49. The van der Waals surface area contributed by atoms with E-state index in [1.807, 2.05) is 6.92 Å². The predicted octanol–water partition coefficient (Wildman–Crippen LogP) is 4.83. The molecule has 3 unspecified atom stereocenters. The van der Waals surface area contributed by atoms with Gasteiger partial charge in [0.2, 0.25) is 11.8 Å². The normalized spacial score (nSPS) is 22.0. The van der Waals surface area contributed by atoms with Crippen molar-refractivity contribution in [2.24, 2.45) is 11.8 Å². The first-order valence-corrected chi connectivity index (χ1v) is 11.1. The summed E-state index contributed by atoms with van der Waals surface area (Å²) < 4.78 is 25.4. The van der Waals surface area contributed by atoms with Gasteiger partial charge in [0.05, 0.1) is 29.2 Å². The van der Waals surface area contributed by atoms with Gasteiger partial charge in [-0.3, -0.25) is 9.59 Å². The molecule has 0 aromatic heterocycles. The topological polar surface area (TPSA) is 72.9 Å². The van der Waals surface area contributed by atoms with Crippen LogP contribution in [0.5, 0.6) is 5.75 Å². The van der Waals surface area contributed by atoms with E-state index in [9.17, 15) is 18.8 Å². The van der Waals surface area contributed by atoms with E-state index in [4.69, 9.17) is 21.1 Å². The van der Waals surface area contributed by atoms with Gasteiger partial charge < -0.3 is 9.47 Å². The Labute approximate surface area is 186 Å². The summed E-state index contributed by atoms with van der Waals surface area (Å²) in [6.07, 6.45) is 6.93. The van der Waals surface area contributed by atoms with Crippen LogP contribution >= 0.6 is 11.6 Å². The standard InChI is InChI=1S/C23H27ClFNO5/c1-3-4-11-30-21(27)10-9-14(2)31-20-13-19(18(25)12-17(20)24)26-22(28)15-7-5-6-8-16(15)23(26)29/h9-10,12-16H,3-8,11H2,1-2H3. The van der Waals surface area contributed by atoms with E-state index < -0.39 is 17.9 Å². The highest BCUT2D eigenvalue weighted by Crippen LogP contribution is 2.42. The lowest BCUT2D eigenvalue weighted by atomic mass is 9.81. The second-order valence-electron chi connectivity index (χ2n) is 7.95. The number of benzene rings is 1. The quantitative estimate of drug-likeness (QED) is 0.245. The maximum absolute atomic E-state index is 14.7. The molecule has 2 fully saturated rings. The molecule has 31 heavy (non-hydrogen) atoms. The van der Waals surface area contributed by atoms with Crippen molar-refractivity contribution in [1.29, 1.82) is 0 Å². The van der Waals surface area contributed by atoms with Crippen LogP contribution in [0.25, 0.3) is 0 Å². The molecule has 0 bridgehead atoms. The Morgan fingerprint density at radius 3 is 2.52 bits per heavy atom. The van der Waals surface area contributed by atoms with Crippen molar-refractivity contribution in [1.82, 2.24) is 0 Å². The van der Waals surface area contributed by atoms with Gasteiger partial charge in [0.1, 0.15) is 17.7 Å². The zero-order valence-electron chi connectivity index (χ0n) is 17.7. The molecule has 1 heterocycles. The molecule has 8 heteroatoms. The maximum atomic E-state index is 14.7. The van der Waals surface area contributed by atoms with Gasteiger partial charge in [-0.15, -0.1) is 0 Å². The third kappa shape index (κ3) is 5.26. The Bertz CT molecular complexity index is 863. The molecule has 1 aromatic rings. The summed E-state index contributed by atoms with van der Waals surface area (Å²) in [5.41, 5.74) is -0.154. The van der Waals surface area contributed by atoms with E-state index in [0.717, 1.165) is 36.6 Å². The first-order chi connectivity index (χ1) is 14.8. The Kier molecular flexibility index (Phi) is 7.70. The minimum atomic E-state index is -0.764. The Hall–Kier alpha value is -2.41. The number of fused-ring (bicyclic) bond motifs is 1. The van der Waals surface area contributed by atoms with Crippen molar-refractivity contribution in [3.63, 3.8) is 0 Å². The van der Waals surface area contributed by atoms with E-state index in [1.165, 1.54) is 18.2 Å². The molecule has 0 N–H and O–H groups in total. The lowest BCUT2D eigenvalue weighted by Crippen LogP contribution is -2.31. The van der Waals surface area contributed by atoms with Crippen LogP contribution < -0.4 is 9.64 Å². The number of amides is 2. The number of nitrogens with zero attached hydrogens (tertiary/aromatic N) is 1. The molecular formula is C23H27ClFNO5. The molecule has 1 aliphatic carbocycles. The molecule has 2 amide bonds. The summed E-state index contributed by atoms with van der Waals surface area (Å²) in [7, 11) is 0. The minimum Gasteiger partial charge on any atom is -0.485 e. The van der Waals surface area contributed by atoms with Gasteiger partial charge in [-0.25, -0.2) is 14.1 Å². The molecule has 1 saturated carbocycles. The molecule has 1 saturated heterocycles.